The number of benzene rings is 2. The maximum atomic E-state index is 13.3. The predicted molar refractivity (Wildman–Crippen MR) is 108 cm³/mol. The van der Waals surface area contributed by atoms with Crippen molar-refractivity contribution in [2.45, 2.75) is 37.6 Å². The molecule has 2 unspecified atom stereocenters. The summed E-state index contributed by atoms with van der Waals surface area (Å²) in [4.78, 5) is 11.8. The Balaban J connectivity index is 2.27. The van der Waals surface area contributed by atoms with Crippen LogP contribution in [0.15, 0.2) is 65.6 Å². The van der Waals surface area contributed by atoms with E-state index >= 15 is 0 Å². The van der Waals surface area contributed by atoms with Gasteiger partial charge in [-0.1, -0.05) is 55.8 Å². The molecule has 0 fully saturated rings. The van der Waals surface area contributed by atoms with Crippen LogP contribution in [0.2, 0.25) is 0 Å². The smallest absolute Gasteiger partial charge is 0.267 e. The SMILES string of the molecule is CCCCN(C(C)c1ccccc1)S(=O)c1cccc(/C=C/C(=O)NO)c1. The van der Waals surface area contributed by atoms with Crippen molar-refractivity contribution in [1.82, 2.24) is 9.79 Å². The Morgan fingerprint density at radius 1 is 1.22 bits per heavy atom. The summed E-state index contributed by atoms with van der Waals surface area (Å²) < 4.78 is 15.3. The van der Waals surface area contributed by atoms with Gasteiger partial charge in [0.1, 0.15) is 11.0 Å². The van der Waals surface area contributed by atoms with Gasteiger partial charge in [0.25, 0.3) is 5.91 Å². The Labute approximate surface area is 163 Å². The minimum absolute atomic E-state index is 0.0120. The van der Waals surface area contributed by atoms with E-state index in [2.05, 4.69) is 13.8 Å². The largest absolute Gasteiger partial charge is 0.288 e. The van der Waals surface area contributed by atoms with Gasteiger partial charge >= 0.3 is 0 Å². The predicted octanol–water partition coefficient (Wildman–Crippen LogP) is 4.09. The van der Waals surface area contributed by atoms with Crippen LogP contribution >= 0.6 is 0 Å². The molecule has 2 rings (SSSR count). The maximum absolute atomic E-state index is 13.3. The lowest BCUT2D eigenvalue weighted by Gasteiger charge is -2.28. The van der Waals surface area contributed by atoms with Gasteiger partial charge in [-0.15, -0.1) is 0 Å². The van der Waals surface area contributed by atoms with Crippen molar-refractivity contribution >= 4 is 23.0 Å². The normalized spacial score (nSPS) is 13.6. The maximum Gasteiger partial charge on any atom is 0.267 e. The van der Waals surface area contributed by atoms with E-state index in [1.165, 1.54) is 6.08 Å². The van der Waals surface area contributed by atoms with E-state index in [9.17, 15) is 9.00 Å². The molecule has 5 nitrogen and oxygen atoms in total. The number of nitrogens with one attached hydrogen (secondary N) is 1. The quantitative estimate of drug-likeness (QED) is 0.387. The minimum Gasteiger partial charge on any atom is -0.288 e. The summed E-state index contributed by atoms with van der Waals surface area (Å²) in [5.41, 5.74) is 3.42. The van der Waals surface area contributed by atoms with Crippen molar-refractivity contribution in [3.8, 4) is 0 Å². The third-order valence-electron chi connectivity index (χ3n) is 4.26. The zero-order chi connectivity index (χ0) is 19.6. The van der Waals surface area contributed by atoms with Gasteiger partial charge in [0.2, 0.25) is 0 Å². The van der Waals surface area contributed by atoms with Crippen molar-refractivity contribution in [2.75, 3.05) is 6.54 Å². The molecule has 2 atom stereocenters. The first-order valence-corrected chi connectivity index (χ1v) is 10.1. The number of nitrogens with zero attached hydrogens (tertiary/aromatic N) is 1. The first kappa shape index (κ1) is 21.0. The molecule has 2 N–H and O–H groups in total. The van der Waals surface area contributed by atoms with Gasteiger partial charge < -0.3 is 0 Å². The third kappa shape index (κ3) is 6.13. The molecule has 0 saturated heterocycles. The molecular formula is C21H26N2O3S. The Morgan fingerprint density at radius 3 is 2.63 bits per heavy atom. The summed E-state index contributed by atoms with van der Waals surface area (Å²) in [5.74, 6) is -0.608. The van der Waals surface area contributed by atoms with Crippen LogP contribution in [0.4, 0.5) is 0 Å². The van der Waals surface area contributed by atoms with Crippen LogP contribution in [-0.2, 0) is 15.8 Å². The zero-order valence-corrected chi connectivity index (χ0v) is 16.5. The second kappa shape index (κ2) is 10.8. The fraction of sp³-hybridized carbons (Fsp3) is 0.286. The molecule has 2 aromatic rings. The second-order valence-electron chi connectivity index (χ2n) is 6.21. The van der Waals surface area contributed by atoms with E-state index in [1.54, 1.807) is 17.6 Å². The highest BCUT2D eigenvalue weighted by atomic mass is 32.2. The summed E-state index contributed by atoms with van der Waals surface area (Å²) in [6.45, 7) is 4.91. The number of hydrogen-bond donors (Lipinski definition) is 2. The van der Waals surface area contributed by atoms with Crippen molar-refractivity contribution in [2.24, 2.45) is 0 Å². The van der Waals surface area contributed by atoms with Crippen LogP contribution in [0.25, 0.3) is 6.08 Å². The molecule has 1 amide bonds. The highest BCUT2D eigenvalue weighted by Gasteiger charge is 2.22. The van der Waals surface area contributed by atoms with Crippen molar-refractivity contribution in [1.29, 1.82) is 0 Å². The Morgan fingerprint density at radius 2 is 1.96 bits per heavy atom. The summed E-state index contributed by atoms with van der Waals surface area (Å²) in [6, 6.07) is 17.3. The van der Waals surface area contributed by atoms with Crippen LogP contribution in [0.5, 0.6) is 0 Å². The third-order valence-corrected chi connectivity index (χ3v) is 5.84. The number of carbonyl (C=O) groups is 1. The van der Waals surface area contributed by atoms with Gasteiger partial charge in [-0.3, -0.25) is 10.0 Å². The molecule has 0 radical (unpaired) electrons. The molecule has 144 valence electrons. The lowest BCUT2D eigenvalue weighted by atomic mass is 10.1. The van der Waals surface area contributed by atoms with Crippen LogP contribution in [0, 0.1) is 0 Å². The fourth-order valence-electron chi connectivity index (χ4n) is 2.70. The van der Waals surface area contributed by atoms with Gasteiger partial charge in [0, 0.05) is 18.7 Å². The summed E-state index contributed by atoms with van der Waals surface area (Å²) in [5, 5.41) is 8.57. The molecule has 2 aromatic carbocycles. The van der Waals surface area contributed by atoms with Crippen LogP contribution in [0.3, 0.4) is 0 Å². The molecule has 0 bridgehead atoms. The first-order chi connectivity index (χ1) is 13.1. The summed E-state index contributed by atoms with van der Waals surface area (Å²) in [7, 11) is -1.33. The van der Waals surface area contributed by atoms with Gasteiger partial charge in [-0.05, 0) is 42.7 Å². The number of hydrogen-bond acceptors (Lipinski definition) is 3. The van der Waals surface area contributed by atoms with E-state index < -0.39 is 16.9 Å². The molecule has 0 aliphatic rings. The topological polar surface area (TPSA) is 69.6 Å². The van der Waals surface area contributed by atoms with Gasteiger partial charge in [-0.2, -0.15) is 0 Å². The number of unbranched alkanes of at least 4 members (excludes halogenated alkanes) is 1. The van der Waals surface area contributed by atoms with E-state index in [1.807, 2.05) is 52.8 Å². The number of amides is 1. The van der Waals surface area contributed by atoms with E-state index in [0.717, 1.165) is 30.5 Å². The molecule has 0 aliphatic heterocycles. The summed E-state index contributed by atoms with van der Waals surface area (Å²) >= 11 is 0. The van der Waals surface area contributed by atoms with Gasteiger partial charge in [0.05, 0.1) is 4.90 Å². The van der Waals surface area contributed by atoms with Gasteiger partial charge in [0.15, 0.2) is 0 Å². The van der Waals surface area contributed by atoms with E-state index in [-0.39, 0.29) is 6.04 Å². The Bertz CT molecular complexity index is 793. The lowest BCUT2D eigenvalue weighted by Crippen LogP contribution is -2.30. The highest BCUT2D eigenvalue weighted by molar-refractivity contribution is 7.82. The average Bonchev–Trinajstić information content (AvgIpc) is 2.72. The fourth-order valence-corrected chi connectivity index (χ4v) is 4.11. The monoisotopic (exact) mass is 386 g/mol. The Kier molecular flexibility index (Phi) is 8.39. The summed E-state index contributed by atoms with van der Waals surface area (Å²) in [6.07, 6.45) is 4.78. The first-order valence-electron chi connectivity index (χ1n) is 9.02. The van der Waals surface area contributed by atoms with Gasteiger partial charge in [-0.25, -0.2) is 14.0 Å². The molecule has 27 heavy (non-hydrogen) atoms. The molecular weight excluding hydrogens is 360 g/mol. The highest BCUT2D eigenvalue weighted by Crippen LogP contribution is 2.26. The van der Waals surface area contributed by atoms with Crippen LogP contribution in [0.1, 0.15) is 43.9 Å². The Hall–Kier alpha value is -2.28. The van der Waals surface area contributed by atoms with Crippen molar-refractivity contribution in [3.05, 3.63) is 71.8 Å². The molecule has 0 heterocycles. The van der Waals surface area contributed by atoms with Crippen molar-refractivity contribution in [3.63, 3.8) is 0 Å². The average molecular weight is 387 g/mol. The second-order valence-corrected chi connectivity index (χ2v) is 7.65. The molecule has 0 aromatic heterocycles. The molecule has 0 spiro atoms. The van der Waals surface area contributed by atoms with Crippen molar-refractivity contribution < 1.29 is 14.2 Å². The zero-order valence-electron chi connectivity index (χ0n) is 15.7. The van der Waals surface area contributed by atoms with E-state index in [4.69, 9.17) is 5.21 Å². The lowest BCUT2D eigenvalue weighted by molar-refractivity contribution is -0.124. The van der Waals surface area contributed by atoms with E-state index in [0.29, 0.717) is 4.90 Å². The number of hydroxylamine groups is 1. The molecule has 0 aliphatic carbocycles. The standard InChI is InChI=1S/C21H26N2O3S/c1-3-4-15-23(17(2)19-10-6-5-7-11-19)27(26)20-12-8-9-18(16-20)13-14-21(24)22-25/h5-14,16-17,25H,3-4,15H2,1-2H3,(H,22,24)/b14-13+. The van der Waals surface area contributed by atoms with Crippen LogP contribution < -0.4 is 5.48 Å². The van der Waals surface area contributed by atoms with Crippen LogP contribution in [-0.4, -0.2) is 26.2 Å². The minimum atomic E-state index is -1.33. The number of rotatable bonds is 9. The molecule has 0 saturated carbocycles. The number of carbonyl (C=O) groups excluding carboxylic acids is 1. The molecule has 6 heteroatoms.